The fraction of sp³-hybridized carbons (Fsp3) is 0.960. The Morgan fingerprint density at radius 3 is 2.39 bits per heavy atom. The topological polar surface area (TPSA) is 56.8 Å². The minimum atomic E-state index is -0.780. The van der Waals surface area contributed by atoms with Crippen LogP contribution in [-0.2, 0) is 19.0 Å². The Kier molecular flexibility index (Phi) is 6.46. The lowest BCUT2D eigenvalue weighted by Gasteiger charge is -2.53. The molecule has 5 nitrogen and oxygen atoms in total. The van der Waals surface area contributed by atoms with Crippen LogP contribution in [0.3, 0.4) is 0 Å². The van der Waals surface area contributed by atoms with Crippen LogP contribution in [0.5, 0.6) is 0 Å². The maximum atomic E-state index is 14.2. The molecular formula is C25H40ClNO4. The van der Waals surface area contributed by atoms with Crippen molar-refractivity contribution in [2.24, 2.45) is 23.7 Å². The Morgan fingerprint density at radius 1 is 0.968 bits per heavy atom. The molecule has 3 saturated carbocycles. The molecule has 31 heavy (non-hydrogen) atoms. The van der Waals surface area contributed by atoms with Crippen LogP contribution in [0.4, 0.5) is 0 Å². The molecule has 0 aromatic carbocycles. The van der Waals surface area contributed by atoms with Crippen molar-refractivity contribution in [2.45, 2.75) is 113 Å². The number of ketones is 1. The number of piperidine rings is 1. The first-order valence-electron chi connectivity index (χ1n) is 12.7. The fourth-order valence-corrected chi connectivity index (χ4v) is 8.28. The monoisotopic (exact) mass is 453 g/mol. The summed E-state index contributed by atoms with van der Waals surface area (Å²) in [5.41, 5.74) is -0.780. The van der Waals surface area contributed by atoms with Crippen LogP contribution in [0.1, 0.15) is 71.1 Å². The Hall–Kier alpha value is -0.200. The van der Waals surface area contributed by atoms with Crippen molar-refractivity contribution in [3.8, 4) is 0 Å². The molecule has 5 fully saturated rings. The van der Waals surface area contributed by atoms with Crippen LogP contribution in [0.15, 0.2) is 0 Å². The number of rotatable bonds is 3. The summed E-state index contributed by atoms with van der Waals surface area (Å²) in [4.78, 5) is 14.2. The zero-order chi connectivity index (χ0) is 21.8. The predicted molar refractivity (Wildman–Crippen MR) is 120 cm³/mol. The van der Waals surface area contributed by atoms with Gasteiger partial charge in [0, 0.05) is 32.7 Å². The minimum absolute atomic E-state index is 0.0948. The van der Waals surface area contributed by atoms with Gasteiger partial charge in [0.05, 0.1) is 29.6 Å². The average Bonchev–Trinajstić information content (AvgIpc) is 3.12. The van der Waals surface area contributed by atoms with Gasteiger partial charge in [0.15, 0.2) is 5.78 Å². The van der Waals surface area contributed by atoms with E-state index in [1.165, 1.54) is 51.4 Å². The first-order valence-corrected chi connectivity index (χ1v) is 13.1. The van der Waals surface area contributed by atoms with Crippen molar-refractivity contribution in [1.82, 2.24) is 5.32 Å². The average molecular weight is 454 g/mol. The number of ether oxygens (including phenoxy) is 3. The predicted octanol–water partition coefficient (Wildman–Crippen LogP) is 4.10. The number of hydrogen-bond donors (Lipinski definition) is 1. The van der Waals surface area contributed by atoms with Crippen LogP contribution < -0.4 is 5.32 Å². The molecule has 2 aliphatic heterocycles. The highest BCUT2D eigenvalue weighted by atomic mass is 35.5. The molecule has 0 radical (unpaired) electrons. The Morgan fingerprint density at radius 2 is 1.68 bits per heavy atom. The van der Waals surface area contributed by atoms with E-state index < -0.39 is 5.60 Å². The molecule has 2 heterocycles. The number of carbonyl (C=O) groups is 1. The molecule has 10 atom stereocenters. The van der Waals surface area contributed by atoms with Crippen molar-refractivity contribution in [3.05, 3.63) is 0 Å². The van der Waals surface area contributed by atoms with Crippen molar-refractivity contribution in [2.75, 3.05) is 14.2 Å². The highest BCUT2D eigenvalue weighted by Crippen LogP contribution is 2.54. The molecule has 5 aliphatic rings. The van der Waals surface area contributed by atoms with Gasteiger partial charge in [0.1, 0.15) is 5.60 Å². The van der Waals surface area contributed by atoms with Gasteiger partial charge in [-0.2, -0.15) is 0 Å². The second-order valence-corrected chi connectivity index (χ2v) is 11.5. The fourth-order valence-electron chi connectivity index (χ4n) is 7.87. The van der Waals surface area contributed by atoms with Gasteiger partial charge in [-0.3, -0.25) is 4.79 Å². The zero-order valence-corrected chi connectivity index (χ0v) is 20.1. The number of methoxy groups -OCH3 is 2. The van der Waals surface area contributed by atoms with E-state index in [4.69, 9.17) is 25.8 Å². The van der Waals surface area contributed by atoms with E-state index in [2.05, 4.69) is 12.2 Å². The van der Waals surface area contributed by atoms with Crippen molar-refractivity contribution < 1.29 is 19.0 Å². The lowest BCUT2D eigenvalue weighted by molar-refractivity contribution is -0.166. The first kappa shape index (κ1) is 22.6. The molecule has 0 amide bonds. The molecule has 1 N–H and O–H groups in total. The molecule has 1 spiro atoms. The molecular weight excluding hydrogens is 414 g/mol. The van der Waals surface area contributed by atoms with Gasteiger partial charge in [0.2, 0.25) is 0 Å². The summed E-state index contributed by atoms with van der Waals surface area (Å²) in [6.07, 6.45) is 11.3. The smallest absolute Gasteiger partial charge is 0.174 e. The zero-order valence-electron chi connectivity index (χ0n) is 19.4. The summed E-state index contributed by atoms with van der Waals surface area (Å²) in [6, 6.07) is 0.608. The van der Waals surface area contributed by atoms with Gasteiger partial charge in [-0.25, -0.2) is 0 Å². The first-order chi connectivity index (χ1) is 15.0. The number of hydrogen-bond acceptors (Lipinski definition) is 5. The van der Waals surface area contributed by atoms with Crippen LogP contribution in [0.2, 0.25) is 0 Å². The lowest BCUT2D eigenvalue weighted by Crippen LogP contribution is -2.68. The molecule has 5 rings (SSSR count). The van der Waals surface area contributed by atoms with E-state index in [1.807, 2.05) is 0 Å². The van der Waals surface area contributed by atoms with Gasteiger partial charge in [-0.05, 0) is 56.3 Å². The molecule has 3 aliphatic carbocycles. The molecule has 176 valence electrons. The van der Waals surface area contributed by atoms with Crippen LogP contribution >= 0.6 is 11.6 Å². The molecule has 0 bridgehead atoms. The van der Waals surface area contributed by atoms with Crippen molar-refractivity contribution in [1.29, 1.82) is 0 Å². The summed E-state index contributed by atoms with van der Waals surface area (Å²) in [5, 5.41) is 3.72. The van der Waals surface area contributed by atoms with Gasteiger partial charge in [-0.15, -0.1) is 11.6 Å². The van der Waals surface area contributed by atoms with E-state index in [-0.39, 0.29) is 47.3 Å². The highest BCUT2D eigenvalue weighted by Gasteiger charge is 2.68. The van der Waals surface area contributed by atoms with E-state index in [1.54, 1.807) is 14.2 Å². The maximum absolute atomic E-state index is 14.2. The lowest BCUT2D eigenvalue weighted by atomic mass is 9.61. The van der Waals surface area contributed by atoms with Gasteiger partial charge in [0.25, 0.3) is 0 Å². The summed E-state index contributed by atoms with van der Waals surface area (Å²) >= 11 is 6.87. The number of nitrogens with one attached hydrogen (secondary N) is 1. The summed E-state index contributed by atoms with van der Waals surface area (Å²) in [6.45, 7) is 2.22. The number of alkyl halides is 1. The summed E-state index contributed by atoms with van der Waals surface area (Å²) in [7, 11) is 3.39. The third-order valence-electron chi connectivity index (χ3n) is 9.61. The van der Waals surface area contributed by atoms with E-state index >= 15 is 0 Å². The molecule has 0 aromatic heterocycles. The largest absolute Gasteiger partial charge is 0.380 e. The Bertz CT molecular complexity index is 670. The van der Waals surface area contributed by atoms with Gasteiger partial charge >= 0.3 is 0 Å². The molecule has 8 unspecified atom stereocenters. The SMILES string of the molecule is COC1CC(OC)C2C(=O)[C@@]3(OC2C1Cl)C1NC(C2CCCCC2)CCC1CC[C@H]3C. The second kappa shape index (κ2) is 8.87. The number of carbonyl (C=O) groups excluding carboxylic acids is 1. The molecule has 2 saturated heterocycles. The molecule has 6 heteroatoms. The van der Waals surface area contributed by atoms with Crippen molar-refractivity contribution >= 4 is 17.4 Å². The van der Waals surface area contributed by atoms with E-state index in [0.717, 1.165) is 12.3 Å². The van der Waals surface area contributed by atoms with Crippen LogP contribution in [-0.4, -0.2) is 61.4 Å². The normalized spacial score (nSPS) is 51.0. The second-order valence-electron chi connectivity index (χ2n) is 11.0. The summed E-state index contributed by atoms with van der Waals surface area (Å²) < 4.78 is 18.4. The van der Waals surface area contributed by atoms with Crippen LogP contribution in [0.25, 0.3) is 0 Å². The number of fused-ring (bicyclic) bond motifs is 3. The summed E-state index contributed by atoms with van der Waals surface area (Å²) in [5.74, 6) is 1.38. The minimum Gasteiger partial charge on any atom is -0.380 e. The van der Waals surface area contributed by atoms with Gasteiger partial charge in [-0.1, -0.05) is 26.2 Å². The van der Waals surface area contributed by atoms with Crippen molar-refractivity contribution in [3.63, 3.8) is 0 Å². The number of Topliss-reactive ketones (excluding diaryl/α,β-unsaturated/α-hetero) is 1. The third-order valence-corrected chi connectivity index (χ3v) is 10.1. The standard InChI is InChI=1S/C25H40ClNO4/c1-14-9-10-16-11-12-17(15-7-5-4-6-8-15)27-23(16)25(14)24(28)20-18(29-2)13-19(30-3)21(26)22(20)31-25/h14-23,27H,4-13H2,1-3H3/t14-,16?,17?,18?,19?,20?,21?,22?,23?,25+/m1/s1. The third kappa shape index (κ3) is 3.53. The molecule has 0 aromatic rings. The van der Waals surface area contributed by atoms with E-state index in [0.29, 0.717) is 18.4 Å². The van der Waals surface area contributed by atoms with Crippen LogP contribution in [0, 0.1) is 23.7 Å². The van der Waals surface area contributed by atoms with E-state index in [9.17, 15) is 4.79 Å². The Balaban J connectivity index is 1.46. The highest BCUT2D eigenvalue weighted by molar-refractivity contribution is 6.22. The van der Waals surface area contributed by atoms with Gasteiger partial charge < -0.3 is 19.5 Å². The Labute approximate surface area is 192 Å². The maximum Gasteiger partial charge on any atom is 0.174 e. The number of halogens is 1. The quantitative estimate of drug-likeness (QED) is 0.652.